The highest BCUT2D eigenvalue weighted by atomic mass is 19.4. The lowest BCUT2D eigenvalue weighted by atomic mass is 9.96. The second-order valence-corrected chi connectivity index (χ2v) is 8.00. The highest BCUT2D eigenvalue weighted by Gasteiger charge is 2.41. The molecule has 7 nitrogen and oxygen atoms in total. The third-order valence-electron chi connectivity index (χ3n) is 5.95. The molecule has 2 aliphatic rings. The van der Waals surface area contributed by atoms with E-state index >= 15 is 0 Å². The molecule has 2 amide bonds. The first-order chi connectivity index (χ1) is 14.7. The lowest BCUT2D eigenvalue weighted by Crippen LogP contribution is -2.38. The first-order valence-corrected chi connectivity index (χ1v) is 10.4. The van der Waals surface area contributed by atoms with E-state index in [9.17, 15) is 22.8 Å². The second kappa shape index (κ2) is 8.24. The molecule has 31 heavy (non-hydrogen) atoms. The third-order valence-corrected chi connectivity index (χ3v) is 5.95. The minimum Gasteiger partial charge on any atom is -0.371 e. The highest BCUT2D eigenvalue weighted by molar-refractivity contribution is 6.04. The van der Waals surface area contributed by atoms with Crippen LogP contribution in [0.25, 0.3) is 0 Å². The van der Waals surface area contributed by atoms with Gasteiger partial charge in [-0.05, 0) is 49.9 Å². The van der Waals surface area contributed by atoms with Crippen molar-refractivity contribution in [1.82, 2.24) is 9.55 Å². The summed E-state index contributed by atoms with van der Waals surface area (Å²) in [7, 11) is 0. The molecule has 0 radical (unpaired) electrons. The second-order valence-electron chi connectivity index (χ2n) is 8.00. The maximum absolute atomic E-state index is 13.5. The van der Waals surface area contributed by atoms with Crippen LogP contribution in [0.15, 0.2) is 24.3 Å². The SMILES string of the molecule is NC(=O)C1CCN(c2ccc(NC(=O)c3c(C(F)(F)F)nc4n3CCCC4)cc2)CC1. The zero-order chi connectivity index (χ0) is 22.2. The van der Waals surface area contributed by atoms with Gasteiger partial charge in [0, 0.05) is 43.3 Å². The molecule has 2 aromatic rings. The predicted octanol–water partition coefficient (Wildman–Crippen LogP) is 3.19. The fourth-order valence-electron chi connectivity index (χ4n) is 4.28. The number of rotatable bonds is 4. The smallest absolute Gasteiger partial charge is 0.371 e. The maximum Gasteiger partial charge on any atom is 0.435 e. The van der Waals surface area contributed by atoms with E-state index in [-0.39, 0.29) is 11.8 Å². The Morgan fingerprint density at radius 3 is 2.35 bits per heavy atom. The largest absolute Gasteiger partial charge is 0.435 e. The Hall–Kier alpha value is -3.04. The molecule has 2 aliphatic heterocycles. The minimum atomic E-state index is -4.70. The quantitative estimate of drug-likeness (QED) is 0.771. The van der Waals surface area contributed by atoms with Gasteiger partial charge < -0.3 is 20.5 Å². The van der Waals surface area contributed by atoms with Gasteiger partial charge in [0.05, 0.1) is 0 Å². The number of halogens is 3. The summed E-state index contributed by atoms with van der Waals surface area (Å²) in [5, 5.41) is 2.58. The van der Waals surface area contributed by atoms with E-state index in [1.54, 1.807) is 24.3 Å². The molecule has 0 saturated carbocycles. The van der Waals surface area contributed by atoms with Crippen molar-refractivity contribution in [3.63, 3.8) is 0 Å². The number of amides is 2. The highest BCUT2D eigenvalue weighted by Crippen LogP contribution is 2.34. The topological polar surface area (TPSA) is 93.2 Å². The number of primary amides is 1. The zero-order valence-corrected chi connectivity index (χ0v) is 16.9. The van der Waals surface area contributed by atoms with Crippen molar-refractivity contribution >= 4 is 23.2 Å². The molecule has 1 saturated heterocycles. The summed E-state index contributed by atoms with van der Waals surface area (Å²) in [6.07, 6.45) is -1.44. The van der Waals surface area contributed by atoms with E-state index in [1.165, 1.54) is 4.57 Å². The number of anilines is 2. The van der Waals surface area contributed by atoms with Crippen LogP contribution in [0.4, 0.5) is 24.5 Å². The Balaban J connectivity index is 1.49. The number of nitrogens with one attached hydrogen (secondary N) is 1. The van der Waals surface area contributed by atoms with Gasteiger partial charge >= 0.3 is 6.18 Å². The number of aromatic nitrogens is 2. The number of aryl methyl sites for hydroxylation is 1. The maximum atomic E-state index is 13.5. The van der Waals surface area contributed by atoms with E-state index in [4.69, 9.17) is 5.73 Å². The van der Waals surface area contributed by atoms with Crippen molar-refractivity contribution in [1.29, 1.82) is 0 Å². The first-order valence-electron chi connectivity index (χ1n) is 10.4. The molecule has 0 unspecified atom stereocenters. The molecule has 4 rings (SSSR count). The van der Waals surface area contributed by atoms with Crippen LogP contribution in [0.2, 0.25) is 0 Å². The monoisotopic (exact) mass is 435 g/mol. The first kappa shape index (κ1) is 21.2. The molecule has 3 N–H and O–H groups in total. The van der Waals surface area contributed by atoms with E-state index in [2.05, 4.69) is 15.2 Å². The van der Waals surface area contributed by atoms with Gasteiger partial charge in [0.15, 0.2) is 5.69 Å². The van der Waals surface area contributed by atoms with Crippen molar-refractivity contribution in [2.75, 3.05) is 23.3 Å². The molecular weight excluding hydrogens is 411 g/mol. The molecule has 0 spiro atoms. The number of piperidine rings is 1. The molecular formula is C21H24F3N5O2. The van der Waals surface area contributed by atoms with Gasteiger partial charge in [0.1, 0.15) is 11.5 Å². The Morgan fingerprint density at radius 2 is 1.74 bits per heavy atom. The van der Waals surface area contributed by atoms with Crippen molar-refractivity contribution in [3.05, 3.63) is 41.5 Å². The third kappa shape index (κ3) is 4.38. The average Bonchev–Trinajstić information content (AvgIpc) is 3.15. The average molecular weight is 435 g/mol. The van der Waals surface area contributed by atoms with Crippen molar-refractivity contribution in [2.45, 2.75) is 44.8 Å². The lowest BCUT2D eigenvalue weighted by molar-refractivity contribution is -0.141. The van der Waals surface area contributed by atoms with Gasteiger partial charge in [-0.15, -0.1) is 0 Å². The van der Waals surface area contributed by atoms with E-state index in [0.717, 1.165) is 12.1 Å². The van der Waals surface area contributed by atoms with Crippen LogP contribution in [0.1, 0.15) is 47.7 Å². The molecule has 166 valence electrons. The molecule has 10 heteroatoms. The number of carbonyl (C=O) groups excluding carboxylic acids is 2. The van der Waals surface area contributed by atoms with Crippen LogP contribution < -0.4 is 16.0 Å². The van der Waals surface area contributed by atoms with Gasteiger partial charge in [-0.1, -0.05) is 0 Å². The van der Waals surface area contributed by atoms with E-state index in [0.29, 0.717) is 56.8 Å². The number of nitrogens with zero attached hydrogens (tertiary/aromatic N) is 3. The summed E-state index contributed by atoms with van der Waals surface area (Å²) in [5.41, 5.74) is 5.12. The summed E-state index contributed by atoms with van der Waals surface area (Å²) in [6, 6.07) is 6.93. The predicted molar refractivity (Wildman–Crippen MR) is 109 cm³/mol. The van der Waals surface area contributed by atoms with Gasteiger partial charge in [-0.2, -0.15) is 13.2 Å². The van der Waals surface area contributed by atoms with Crippen molar-refractivity contribution in [2.24, 2.45) is 11.7 Å². The summed E-state index contributed by atoms with van der Waals surface area (Å²) in [5.74, 6) is -0.904. The van der Waals surface area contributed by atoms with Crippen molar-refractivity contribution in [3.8, 4) is 0 Å². The molecule has 1 aromatic carbocycles. The summed E-state index contributed by atoms with van der Waals surface area (Å²) < 4.78 is 41.8. The number of hydrogen-bond acceptors (Lipinski definition) is 4. The fraction of sp³-hybridized carbons (Fsp3) is 0.476. The summed E-state index contributed by atoms with van der Waals surface area (Å²) in [6.45, 7) is 1.73. The summed E-state index contributed by atoms with van der Waals surface area (Å²) in [4.78, 5) is 29.9. The molecule has 1 fully saturated rings. The number of benzene rings is 1. The molecule has 0 aliphatic carbocycles. The lowest BCUT2D eigenvalue weighted by Gasteiger charge is -2.32. The molecule has 3 heterocycles. The van der Waals surface area contributed by atoms with Gasteiger partial charge in [0.25, 0.3) is 5.91 Å². The van der Waals surface area contributed by atoms with Crippen LogP contribution in [-0.2, 0) is 23.9 Å². The molecule has 0 bridgehead atoms. The summed E-state index contributed by atoms with van der Waals surface area (Å²) >= 11 is 0. The van der Waals surface area contributed by atoms with Crippen molar-refractivity contribution < 1.29 is 22.8 Å². The Morgan fingerprint density at radius 1 is 1.06 bits per heavy atom. The van der Waals surface area contributed by atoms with Crippen LogP contribution >= 0.6 is 0 Å². The zero-order valence-electron chi connectivity index (χ0n) is 16.9. The molecule has 0 atom stereocenters. The number of carbonyl (C=O) groups is 2. The van der Waals surface area contributed by atoms with Crippen LogP contribution in [0.3, 0.4) is 0 Å². The Labute approximate surface area is 177 Å². The van der Waals surface area contributed by atoms with E-state index in [1.807, 2.05) is 0 Å². The number of alkyl halides is 3. The van der Waals surface area contributed by atoms with E-state index < -0.39 is 23.5 Å². The Kier molecular flexibility index (Phi) is 5.63. The van der Waals surface area contributed by atoms with Gasteiger partial charge in [-0.3, -0.25) is 9.59 Å². The normalized spacial score (nSPS) is 17.3. The van der Waals surface area contributed by atoms with Crippen LogP contribution in [-0.4, -0.2) is 34.5 Å². The number of fused-ring (bicyclic) bond motifs is 1. The number of nitrogens with two attached hydrogens (primary N) is 1. The number of imidazole rings is 1. The fourth-order valence-corrected chi connectivity index (χ4v) is 4.28. The minimum absolute atomic E-state index is 0.112. The molecule has 1 aromatic heterocycles. The van der Waals surface area contributed by atoms with Gasteiger partial charge in [-0.25, -0.2) is 4.98 Å². The standard InChI is InChI=1S/C21H24F3N5O2/c22-21(23,24)18-17(29-10-2-1-3-16(29)27-18)20(31)26-14-4-6-15(7-5-14)28-11-8-13(9-12-28)19(25)30/h4-7,13H,1-3,8-12H2,(H2,25,30)(H,26,31). The van der Waals surface area contributed by atoms with Gasteiger partial charge in [0.2, 0.25) is 5.91 Å². The van der Waals surface area contributed by atoms with Crippen LogP contribution in [0.5, 0.6) is 0 Å². The van der Waals surface area contributed by atoms with Crippen LogP contribution in [0, 0.1) is 5.92 Å². The number of hydrogen-bond donors (Lipinski definition) is 2. The Bertz CT molecular complexity index is 976.